The number of carbonyl (C=O) groups excluding carboxylic acids is 2. The lowest BCUT2D eigenvalue weighted by Crippen LogP contribution is -2.35. The molecular weight excluding hydrogens is 373 g/mol. The van der Waals surface area contributed by atoms with Gasteiger partial charge in [-0.25, -0.2) is 9.69 Å². The van der Waals surface area contributed by atoms with E-state index in [2.05, 4.69) is 0 Å². The van der Waals surface area contributed by atoms with Gasteiger partial charge in [0.1, 0.15) is 4.90 Å². The number of rotatable bonds is 4. The van der Waals surface area contributed by atoms with E-state index in [1.54, 1.807) is 0 Å². The highest BCUT2D eigenvalue weighted by molar-refractivity contribution is 7.87. The molecule has 13 heteroatoms. The molecule has 2 rings (SSSR count). The maximum absolute atomic E-state index is 13.1. The van der Waals surface area contributed by atoms with Crippen LogP contribution in [0.2, 0.25) is 0 Å². The maximum Gasteiger partial charge on any atom is 0.337 e. The number of aromatic carboxylic acids is 1. The molecule has 1 fully saturated rings. The number of hydrogen-bond acceptors (Lipinski definition) is 7. The molecule has 1 aromatic carbocycles. The zero-order valence-electron chi connectivity index (χ0n) is 11.4. The summed E-state index contributed by atoms with van der Waals surface area (Å²) in [4.78, 5) is 34.1. The molecule has 1 unspecified atom stereocenters. The van der Waals surface area contributed by atoms with E-state index in [4.69, 9.17) is 9.66 Å². The highest BCUT2D eigenvalue weighted by Crippen LogP contribution is 2.31. The van der Waals surface area contributed by atoms with Crippen LogP contribution in [0.5, 0.6) is 0 Å². The summed E-state index contributed by atoms with van der Waals surface area (Å²) in [5, 5.41) is 6.90. The summed E-state index contributed by atoms with van der Waals surface area (Å²) in [6.45, 7) is 0. The molecule has 1 aliphatic heterocycles. The van der Waals surface area contributed by atoms with Crippen molar-refractivity contribution in [2.45, 2.75) is 16.6 Å². The topological polar surface area (TPSA) is 163 Å². The quantitative estimate of drug-likeness (QED) is 0.400. The summed E-state index contributed by atoms with van der Waals surface area (Å²) < 4.78 is 66.1. The van der Waals surface area contributed by atoms with Crippen LogP contribution in [0.3, 0.4) is 0 Å². The second-order valence-electron chi connectivity index (χ2n) is 4.70. The van der Waals surface area contributed by atoms with E-state index in [-0.39, 0.29) is 4.90 Å². The minimum Gasteiger partial charge on any atom is -0.478 e. The van der Waals surface area contributed by atoms with Crippen LogP contribution in [0.4, 0.5) is 9.57 Å². The first-order valence-electron chi connectivity index (χ1n) is 5.99. The molecule has 0 aromatic heterocycles. The number of nitrogens with zero attached hydrogens (tertiary/aromatic N) is 1. The molecule has 1 atom stereocenters. The summed E-state index contributed by atoms with van der Waals surface area (Å²) >= 11 is 0. The smallest absolute Gasteiger partial charge is 0.337 e. The second-order valence-corrected chi connectivity index (χ2v) is 7.64. The molecule has 130 valence electrons. The van der Waals surface area contributed by atoms with Crippen molar-refractivity contribution in [3.63, 3.8) is 0 Å². The Morgan fingerprint density at radius 3 is 2.21 bits per heavy atom. The molecule has 1 aliphatic rings. The fraction of sp³-hybridized carbons (Fsp3) is 0.182. The average molecular weight is 381 g/mol. The monoisotopic (exact) mass is 381 g/mol. The Balaban J connectivity index is 2.68. The number of anilines is 1. The van der Waals surface area contributed by atoms with Crippen LogP contribution in [-0.2, 0) is 29.9 Å². The fourth-order valence-corrected chi connectivity index (χ4v) is 3.32. The molecule has 2 N–H and O–H groups in total. The van der Waals surface area contributed by atoms with Gasteiger partial charge in [-0.15, -0.1) is 3.89 Å². The van der Waals surface area contributed by atoms with Crippen molar-refractivity contribution in [2.24, 2.45) is 0 Å². The minimum absolute atomic E-state index is 0.0938. The van der Waals surface area contributed by atoms with E-state index in [0.29, 0.717) is 18.2 Å². The molecule has 0 radical (unpaired) electrons. The van der Waals surface area contributed by atoms with Crippen molar-refractivity contribution >= 4 is 43.8 Å². The van der Waals surface area contributed by atoms with Crippen LogP contribution in [0.1, 0.15) is 16.8 Å². The Labute approximate surface area is 134 Å². The molecule has 0 saturated carbocycles. The zero-order valence-corrected chi connectivity index (χ0v) is 13.0. The SMILES string of the molecule is O=C(O)c1ccc(S(=O)(=O)F)cc1N1C(=O)CC(S(=O)(=O)O)C1=O. The fourth-order valence-electron chi connectivity index (χ4n) is 2.12. The largest absolute Gasteiger partial charge is 0.478 e. The van der Waals surface area contributed by atoms with Crippen LogP contribution in [-0.4, -0.2) is 49.5 Å². The number of hydrogen-bond donors (Lipinski definition) is 2. The standard InChI is InChI=1S/C11H8FNO9S2/c12-23(18,19)5-1-2-6(11(16)17)7(3-5)13-9(14)4-8(10(13)15)24(20,21)22/h1-3,8H,4H2,(H,16,17)(H,20,21,22). The lowest BCUT2D eigenvalue weighted by Gasteiger charge is -2.17. The normalized spacial score (nSPS) is 18.9. The molecule has 0 bridgehead atoms. The van der Waals surface area contributed by atoms with Gasteiger partial charge in [-0.2, -0.15) is 16.8 Å². The highest BCUT2D eigenvalue weighted by atomic mass is 32.3. The van der Waals surface area contributed by atoms with E-state index < -0.39 is 65.9 Å². The van der Waals surface area contributed by atoms with Crippen molar-refractivity contribution < 1.29 is 44.8 Å². The molecule has 10 nitrogen and oxygen atoms in total. The third-order valence-corrected chi connectivity index (χ3v) is 5.09. The first-order chi connectivity index (χ1) is 10.8. The van der Waals surface area contributed by atoms with Gasteiger partial charge < -0.3 is 5.11 Å². The summed E-state index contributed by atoms with van der Waals surface area (Å²) in [6, 6.07) is 1.67. The predicted molar refractivity (Wildman–Crippen MR) is 74.1 cm³/mol. The second kappa shape index (κ2) is 5.61. The van der Waals surface area contributed by atoms with E-state index in [1.165, 1.54) is 0 Å². The van der Waals surface area contributed by atoms with Gasteiger partial charge in [0, 0.05) is 0 Å². The third kappa shape index (κ3) is 3.13. The Morgan fingerprint density at radius 1 is 1.21 bits per heavy atom. The minimum atomic E-state index is -5.28. The number of carbonyl (C=O) groups is 3. The summed E-state index contributed by atoms with van der Waals surface area (Å²) in [7, 11) is -10.2. The number of benzene rings is 1. The number of carboxylic acid groups (broad SMARTS) is 1. The Hall–Kier alpha value is -2.38. The van der Waals surface area contributed by atoms with Crippen LogP contribution < -0.4 is 4.90 Å². The van der Waals surface area contributed by atoms with E-state index >= 15 is 0 Å². The lowest BCUT2D eigenvalue weighted by molar-refractivity contribution is -0.121. The van der Waals surface area contributed by atoms with Crippen molar-refractivity contribution in [3.8, 4) is 0 Å². The first kappa shape index (κ1) is 18.0. The zero-order chi connectivity index (χ0) is 18.4. The Bertz CT molecular complexity index is 967. The first-order valence-corrected chi connectivity index (χ1v) is 8.88. The number of carboxylic acids is 1. The van der Waals surface area contributed by atoms with Crippen molar-refractivity contribution in [1.29, 1.82) is 0 Å². The van der Waals surface area contributed by atoms with Gasteiger partial charge in [-0.05, 0) is 18.2 Å². The van der Waals surface area contributed by atoms with Gasteiger partial charge in [0.15, 0.2) is 5.25 Å². The molecular formula is C11H8FNO9S2. The highest BCUT2D eigenvalue weighted by Gasteiger charge is 2.47. The maximum atomic E-state index is 13.1. The van der Waals surface area contributed by atoms with Gasteiger partial charge in [0.2, 0.25) is 5.91 Å². The Morgan fingerprint density at radius 2 is 1.79 bits per heavy atom. The van der Waals surface area contributed by atoms with Crippen molar-refractivity contribution in [3.05, 3.63) is 23.8 Å². The van der Waals surface area contributed by atoms with Gasteiger partial charge in [-0.3, -0.25) is 14.1 Å². The number of imide groups is 1. The predicted octanol–water partition coefficient (Wildman–Crippen LogP) is -0.437. The van der Waals surface area contributed by atoms with Crippen molar-refractivity contribution in [2.75, 3.05) is 4.90 Å². The van der Waals surface area contributed by atoms with Crippen LogP contribution in [0, 0.1) is 0 Å². The Kier molecular flexibility index (Phi) is 4.20. The van der Waals surface area contributed by atoms with Crippen molar-refractivity contribution in [1.82, 2.24) is 0 Å². The van der Waals surface area contributed by atoms with Gasteiger partial charge >= 0.3 is 16.2 Å². The van der Waals surface area contributed by atoms with E-state index in [9.17, 15) is 35.1 Å². The molecule has 1 aromatic rings. The van der Waals surface area contributed by atoms with Gasteiger partial charge in [0.25, 0.3) is 16.0 Å². The molecule has 1 heterocycles. The van der Waals surface area contributed by atoms with Crippen LogP contribution in [0.25, 0.3) is 0 Å². The van der Waals surface area contributed by atoms with Gasteiger partial charge in [-0.1, -0.05) is 0 Å². The van der Waals surface area contributed by atoms with Crippen LogP contribution >= 0.6 is 0 Å². The lowest BCUT2D eigenvalue weighted by atomic mass is 10.1. The summed E-state index contributed by atoms with van der Waals surface area (Å²) in [5.74, 6) is -4.35. The molecule has 0 aliphatic carbocycles. The third-order valence-electron chi connectivity index (χ3n) is 3.19. The molecule has 24 heavy (non-hydrogen) atoms. The molecule has 0 spiro atoms. The number of amides is 2. The molecule has 2 amide bonds. The van der Waals surface area contributed by atoms with Crippen LogP contribution in [0.15, 0.2) is 23.1 Å². The van der Waals surface area contributed by atoms with E-state index in [1.807, 2.05) is 0 Å². The number of halogens is 1. The molecule has 1 saturated heterocycles. The average Bonchev–Trinajstić information content (AvgIpc) is 2.72. The summed E-state index contributed by atoms with van der Waals surface area (Å²) in [5.41, 5.74) is -1.55. The van der Waals surface area contributed by atoms with E-state index in [0.717, 1.165) is 0 Å². The van der Waals surface area contributed by atoms with Gasteiger partial charge in [0.05, 0.1) is 17.7 Å². The summed E-state index contributed by atoms with van der Waals surface area (Å²) in [6.07, 6.45) is -0.969.